The van der Waals surface area contributed by atoms with Crippen LogP contribution in [-0.4, -0.2) is 24.2 Å². The summed E-state index contributed by atoms with van der Waals surface area (Å²) in [6.45, 7) is 0. The Bertz CT molecular complexity index is 403. The molecular weight excluding hydrogens is 206 g/mol. The van der Waals surface area contributed by atoms with E-state index in [-0.39, 0.29) is 17.8 Å². The fourth-order valence-electron chi connectivity index (χ4n) is 2.00. The number of methoxy groups -OCH3 is 1. The van der Waals surface area contributed by atoms with Gasteiger partial charge in [-0.15, -0.1) is 0 Å². The number of anilines is 1. The molecule has 0 saturated carbocycles. The van der Waals surface area contributed by atoms with E-state index in [9.17, 15) is 9.90 Å². The molecule has 1 atom stereocenters. The molecule has 0 bridgehead atoms. The van der Waals surface area contributed by atoms with Crippen molar-refractivity contribution in [2.75, 3.05) is 12.4 Å². The van der Waals surface area contributed by atoms with Gasteiger partial charge in [0.05, 0.1) is 7.11 Å². The minimum absolute atomic E-state index is 0.235. The lowest BCUT2D eigenvalue weighted by molar-refractivity contribution is -0.141. The Balaban J connectivity index is 2.24. The van der Waals surface area contributed by atoms with Crippen LogP contribution in [0.5, 0.6) is 5.75 Å². The average Bonchev–Trinajstić information content (AvgIpc) is 2.49. The number of nitrogens with one attached hydrogen (secondary N) is 1. The maximum Gasteiger partial charge on any atom is 0.328 e. The molecule has 1 unspecified atom stereocenters. The summed E-state index contributed by atoms with van der Waals surface area (Å²) < 4.78 is 4.73. The molecule has 0 radical (unpaired) electrons. The van der Waals surface area contributed by atoms with E-state index < -0.39 is 0 Å². The summed E-state index contributed by atoms with van der Waals surface area (Å²) >= 11 is 0. The normalized spacial score (nSPS) is 19.2. The van der Waals surface area contributed by atoms with Crippen molar-refractivity contribution >= 4 is 11.7 Å². The van der Waals surface area contributed by atoms with Gasteiger partial charge in [-0.2, -0.15) is 0 Å². The third-order valence-corrected chi connectivity index (χ3v) is 2.84. The molecule has 0 aliphatic carbocycles. The third kappa shape index (κ3) is 2.10. The number of benzene rings is 1. The summed E-state index contributed by atoms with van der Waals surface area (Å²) in [4.78, 5) is 11.5. The molecule has 1 heterocycles. The zero-order valence-electron chi connectivity index (χ0n) is 9.19. The number of phenolic OH excluding ortho intramolecular Hbond substituents is 1. The van der Waals surface area contributed by atoms with Crippen molar-refractivity contribution in [2.24, 2.45) is 0 Å². The van der Waals surface area contributed by atoms with Gasteiger partial charge >= 0.3 is 5.97 Å². The summed E-state index contributed by atoms with van der Waals surface area (Å²) in [5.41, 5.74) is 1.96. The summed E-state index contributed by atoms with van der Waals surface area (Å²) in [6, 6.07) is 4.87. The number of phenols is 1. The Morgan fingerprint density at radius 1 is 1.56 bits per heavy atom. The van der Waals surface area contributed by atoms with Crippen LogP contribution < -0.4 is 5.32 Å². The van der Waals surface area contributed by atoms with Crippen molar-refractivity contribution in [1.82, 2.24) is 0 Å². The van der Waals surface area contributed by atoms with Crippen molar-refractivity contribution < 1.29 is 14.6 Å². The highest BCUT2D eigenvalue weighted by atomic mass is 16.5. The second-order valence-corrected chi connectivity index (χ2v) is 3.95. The molecule has 16 heavy (non-hydrogen) atoms. The molecule has 0 amide bonds. The molecule has 86 valence electrons. The predicted octanol–water partition coefficient (Wildman–Crippen LogP) is 1.68. The number of aryl methyl sites for hydroxylation is 1. The number of rotatable bonds is 1. The Morgan fingerprint density at radius 3 is 3.12 bits per heavy atom. The first-order chi connectivity index (χ1) is 7.70. The minimum Gasteiger partial charge on any atom is -0.508 e. The molecule has 0 saturated heterocycles. The molecule has 2 rings (SSSR count). The first-order valence-electron chi connectivity index (χ1n) is 5.37. The van der Waals surface area contributed by atoms with E-state index in [1.807, 2.05) is 0 Å². The van der Waals surface area contributed by atoms with Gasteiger partial charge in [-0.05, 0) is 43.0 Å². The summed E-state index contributed by atoms with van der Waals surface area (Å²) in [6.07, 6.45) is 2.52. The molecule has 1 aromatic carbocycles. The van der Waals surface area contributed by atoms with Crippen LogP contribution in [0.4, 0.5) is 5.69 Å². The molecule has 4 heteroatoms. The first kappa shape index (κ1) is 10.8. The fraction of sp³-hybridized carbons (Fsp3) is 0.417. The number of carbonyl (C=O) groups excluding carboxylic acids is 1. The Kier molecular flexibility index (Phi) is 2.99. The van der Waals surface area contributed by atoms with Gasteiger partial charge in [0, 0.05) is 5.69 Å². The standard InChI is InChI=1S/C12H15NO3/c1-16-12(15)11-4-2-3-8-7-9(14)5-6-10(8)13-11/h5-7,11,13-14H,2-4H2,1H3. The van der Waals surface area contributed by atoms with Gasteiger partial charge in [0.1, 0.15) is 11.8 Å². The lowest BCUT2D eigenvalue weighted by Gasteiger charge is -2.15. The number of esters is 1. The molecule has 1 aliphatic heterocycles. The highest BCUT2D eigenvalue weighted by molar-refractivity contribution is 5.80. The van der Waals surface area contributed by atoms with E-state index in [1.165, 1.54) is 7.11 Å². The van der Waals surface area contributed by atoms with Crippen LogP contribution in [-0.2, 0) is 16.0 Å². The molecule has 0 aromatic heterocycles. The topological polar surface area (TPSA) is 58.6 Å². The van der Waals surface area contributed by atoms with Crippen LogP contribution >= 0.6 is 0 Å². The highest BCUT2D eigenvalue weighted by Gasteiger charge is 2.22. The largest absolute Gasteiger partial charge is 0.508 e. The van der Waals surface area contributed by atoms with E-state index in [0.717, 1.165) is 30.5 Å². The number of ether oxygens (including phenoxy) is 1. The minimum atomic E-state index is -0.282. The van der Waals surface area contributed by atoms with Gasteiger partial charge in [0.25, 0.3) is 0 Å². The van der Waals surface area contributed by atoms with Crippen LogP contribution in [0.3, 0.4) is 0 Å². The molecule has 1 aromatic rings. The quantitative estimate of drug-likeness (QED) is 0.559. The van der Waals surface area contributed by atoms with Crippen LogP contribution in [0.25, 0.3) is 0 Å². The lowest BCUT2D eigenvalue weighted by atomic mass is 10.1. The predicted molar refractivity (Wildman–Crippen MR) is 60.5 cm³/mol. The molecule has 0 spiro atoms. The second kappa shape index (κ2) is 4.43. The number of fused-ring (bicyclic) bond motifs is 1. The van der Waals surface area contributed by atoms with Crippen molar-refractivity contribution in [2.45, 2.75) is 25.3 Å². The number of hydrogen-bond donors (Lipinski definition) is 2. The molecular formula is C12H15NO3. The summed E-state index contributed by atoms with van der Waals surface area (Å²) in [5.74, 6) is 0.0259. The SMILES string of the molecule is COC(=O)C1CCCc2cc(O)ccc2N1. The summed E-state index contributed by atoms with van der Waals surface area (Å²) in [7, 11) is 1.40. The van der Waals surface area contributed by atoms with E-state index in [0.29, 0.717) is 0 Å². The molecule has 2 N–H and O–H groups in total. The van der Waals surface area contributed by atoms with Gasteiger partial charge in [-0.3, -0.25) is 0 Å². The molecule has 1 aliphatic rings. The maximum atomic E-state index is 11.5. The van der Waals surface area contributed by atoms with E-state index in [1.54, 1.807) is 18.2 Å². The first-order valence-corrected chi connectivity index (χ1v) is 5.37. The van der Waals surface area contributed by atoms with E-state index >= 15 is 0 Å². The average molecular weight is 221 g/mol. The molecule has 0 fully saturated rings. The Morgan fingerprint density at radius 2 is 2.38 bits per heavy atom. The number of carbonyl (C=O) groups is 1. The summed E-state index contributed by atoms with van der Waals surface area (Å²) in [5, 5.41) is 12.5. The van der Waals surface area contributed by atoms with Crippen molar-refractivity contribution in [3.05, 3.63) is 23.8 Å². The second-order valence-electron chi connectivity index (χ2n) is 3.95. The van der Waals surface area contributed by atoms with Crippen LogP contribution in [0.1, 0.15) is 18.4 Å². The van der Waals surface area contributed by atoms with Gasteiger partial charge in [-0.1, -0.05) is 0 Å². The zero-order valence-corrected chi connectivity index (χ0v) is 9.19. The van der Waals surface area contributed by atoms with E-state index in [2.05, 4.69) is 5.32 Å². The van der Waals surface area contributed by atoms with Gasteiger partial charge in [-0.25, -0.2) is 4.79 Å². The van der Waals surface area contributed by atoms with Crippen LogP contribution in [0, 0.1) is 0 Å². The Hall–Kier alpha value is -1.71. The van der Waals surface area contributed by atoms with Gasteiger partial charge in [0.15, 0.2) is 0 Å². The fourth-order valence-corrected chi connectivity index (χ4v) is 2.00. The van der Waals surface area contributed by atoms with E-state index in [4.69, 9.17) is 4.74 Å². The number of hydrogen-bond acceptors (Lipinski definition) is 4. The zero-order chi connectivity index (χ0) is 11.5. The van der Waals surface area contributed by atoms with Crippen LogP contribution in [0.15, 0.2) is 18.2 Å². The third-order valence-electron chi connectivity index (χ3n) is 2.84. The Labute approximate surface area is 94.2 Å². The van der Waals surface area contributed by atoms with Crippen molar-refractivity contribution in [1.29, 1.82) is 0 Å². The van der Waals surface area contributed by atoms with Crippen molar-refractivity contribution in [3.8, 4) is 5.75 Å². The smallest absolute Gasteiger partial charge is 0.328 e. The molecule has 4 nitrogen and oxygen atoms in total. The van der Waals surface area contributed by atoms with Crippen LogP contribution in [0.2, 0.25) is 0 Å². The number of aromatic hydroxyl groups is 1. The van der Waals surface area contributed by atoms with Gasteiger partial charge in [0.2, 0.25) is 0 Å². The monoisotopic (exact) mass is 221 g/mol. The van der Waals surface area contributed by atoms with Gasteiger partial charge < -0.3 is 15.2 Å². The lowest BCUT2D eigenvalue weighted by Crippen LogP contribution is -2.29. The van der Waals surface area contributed by atoms with Crippen molar-refractivity contribution in [3.63, 3.8) is 0 Å². The highest BCUT2D eigenvalue weighted by Crippen LogP contribution is 2.27. The maximum absolute atomic E-state index is 11.5.